The number of aryl methyl sites for hydroxylation is 1. The van der Waals surface area contributed by atoms with Crippen LogP contribution in [0, 0.1) is 0 Å². The molecule has 0 spiro atoms. The molecule has 1 unspecified atom stereocenters. The molecular formula is C21H26N2O5S. The maximum atomic E-state index is 12.6. The van der Waals surface area contributed by atoms with Gasteiger partial charge >= 0.3 is 0 Å². The van der Waals surface area contributed by atoms with E-state index < -0.39 is 16.1 Å². The van der Waals surface area contributed by atoms with Crippen LogP contribution in [0.25, 0.3) is 0 Å². The van der Waals surface area contributed by atoms with Crippen molar-refractivity contribution in [3.8, 4) is 11.5 Å². The molecule has 1 heterocycles. The van der Waals surface area contributed by atoms with E-state index in [1.807, 2.05) is 24.3 Å². The van der Waals surface area contributed by atoms with Crippen molar-refractivity contribution >= 4 is 21.6 Å². The fourth-order valence-corrected chi connectivity index (χ4v) is 4.16. The number of fused-ring (bicyclic) bond motifs is 1. The fraction of sp³-hybridized carbons (Fsp3) is 0.381. The number of sulfonamides is 1. The third kappa shape index (κ3) is 5.00. The number of benzene rings is 2. The summed E-state index contributed by atoms with van der Waals surface area (Å²) in [5, 5.41) is 2.76. The van der Waals surface area contributed by atoms with Gasteiger partial charge in [-0.15, -0.1) is 0 Å². The number of hydrogen-bond donors (Lipinski definition) is 1. The monoisotopic (exact) mass is 418 g/mol. The number of amides is 1. The highest BCUT2D eigenvalue weighted by Crippen LogP contribution is 2.35. The molecule has 0 aromatic heterocycles. The number of nitrogens with zero attached hydrogens (tertiary/aromatic N) is 1. The first kappa shape index (κ1) is 21.0. The van der Waals surface area contributed by atoms with Crippen molar-refractivity contribution < 1.29 is 22.7 Å². The van der Waals surface area contributed by atoms with Crippen LogP contribution in [0.3, 0.4) is 0 Å². The van der Waals surface area contributed by atoms with E-state index in [9.17, 15) is 13.2 Å². The highest BCUT2D eigenvalue weighted by atomic mass is 32.2. The number of rotatable bonds is 8. The van der Waals surface area contributed by atoms with Gasteiger partial charge in [0.05, 0.1) is 24.5 Å². The summed E-state index contributed by atoms with van der Waals surface area (Å²) in [6.45, 7) is 4.20. The molecule has 1 aliphatic heterocycles. The average molecular weight is 419 g/mol. The molecule has 0 radical (unpaired) electrons. The van der Waals surface area contributed by atoms with Crippen LogP contribution in [-0.4, -0.2) is 45.9 Å². The molecule has 3 rings (SSSR count). The molecule has 0 fully saturated rings. The van der Waals surface area contributed by atoms with Gasteiger partial charge < -0.3 is 14.8 Å². The minimum Gasteiger partial charge on any atom is -0.492 e. The van der Waals surface area contributed by atoms with Gasteiger partial charge in [0, 0.05) is 0 Å². The molecule has 2 aromatic rings. The molecule has 0 aliphatic carbocycles. The van der Waals surface area contributed by atoms with E-state index in [0.29, 0.717) is 18.0 Å². The Hall–Kier alpha value is -2.74. The molecule has 1 atom stereocenters. The van der Waals surface area contributed by atoms with Gasteiger partial charge in [0.25, 0.3) is 5.91 Å². The number of anilines is 1. The van der Waals surface area contributed by atoms with Crippen molar-refractivity contribution in [1.29, 1.82) is 0 Å². The summed E-state index contributed by atoms with van der Waals surface area (Å²) in [7, 11) is -3.52. The van der Waals surface area contributed by atoms with Crippen LogP contribution in [0.5, 0.6) is 11.5 Å². The maximum absolute atomic E-state index is 12.6. The second-order valence-electron chi connectivity index (χ2n) is 6.64. The fourth-order valence-electron chi connectivity index (χ4n) is 3.04. The number of carbonyl (C=O) groups excluding carboxylic acids is 1. The average Bonchev–Trinajstić information content (AvgIpc) is 2.76. The van der Waals surface area contributed by atoms with E-state index in [0.717, 1.165) is 12.2 Å². The molecule has 0 bridgehead atoms. The number of nitrogens with one attached hydrogen (secondary N) is 1. The molecule has 0 saturated carbocycles. The molecule has 0 saturated heterocycles. The minimum atomic E-state index is -3.52. The van der Waals surface area contributed by atoms with Crippen LogP contribution in [0.1, 0.15) is 19.4 Å². The largest absolute Gasteiger partial charge is 0.492 e. The molecule has 2 aromatic carbocycles. The lowest BCUT2D eigenvalue weighted by Crippen LogP contribution is -2.51. The minimum absolute atomic E-state index is 0.0552. The Kier molecular flexibility index (Phi) is 6.64. The zero-order valence-corrected chi connectivity index (χ0v) is 17.4. The topological polar surface area (TPSA) is 84.9 Å². The maximum Gasteiger partial charge on any atom is 0.263 e. The van der Waals surface area contributed by atoms with Crippen molar-refractivity contribution in [2.45, 2.75) is 26.4 Å². The summed E-state index contributed by atoms with van der Waals surface area (Å²) in [4.78, 5) is 12.6. The van der Waals surface area contributed by atoms with Crippen molar-refractivity contribution in [3.63, 3.8) is 0 Å². The normalized spacial score (nSPS) is 15.9. The van der Waals surface area contributed by atoms with E-state index in [-0.39, 0.29) is 24.7 Å². The van der Waals surface area contributed by atoms with Gasteiger partial charge in [-0.2, -0.15) is 0 Å². The summed E-state index contributed by atoms with van der Waals surface area (Å²) in [5.74, 6) is 0.684. The van der Waals surface area contributed by atoms with Crippen LogP contribution < -0.4 is 19.1 Å². The van der Waals surface area contributed by atoms with Crippen molar-refractivity contribution in [2.24, 2.45) is 0 Å². The SMILES string of the molecule is CCc1ccc(OCCNC(=O)C2CN(S(=O)(=O)CC)c3ccccc3O2)cc1. The molecule has 1 amide bonds. The standard InChI is InChI=1S/C21H26N2O5S/c1-3-16-9-11-17(12-10-16)27-14-13-22-21(24)20-15-23(29(25,26)4-2)18-7-5-6-8-19(18)28-20/h5-12,20H,3-4,13-15H2,1-2H3,(H,22,24). The summed E-state index contributed by atoms with van der Waals surface area (Å²) in [6, 6.07) is 14.6. The Morgan fingerprint density at radius 1 is 1.17 bits per heavy atom. The first-order valence-electron chi connectivity index (χ1n) is 9.70. The highest BCUT2D eigenvalue weighted by molar-refractivity contribution is 7.92. The Labute approximate surface area is 171 Å². The van der Waals surface area contributed by atoms with E-state index in [1.165, 1.54) is 9.87 Å². The predicted octanol–water partition coefficient (Wildman–Crippen LogP) is 2.36. The summed E-state index contributed by atoms with van der Waals surface area (Å²) >= 11 is 0. The molecule has 1 N–H and O–H groups in total. The van der Waals surface area contributed by atoms with E-state index in [2.05, 4.69) is 12.2 Å². The quantitative estimate of drug-likeness (QED) is 0.666. The third-order valence-electron chi connectivity index (χ3n) is 4.73. The lowest BCUT2D eigenvalue weighted by molar-refractivity contribution is -0.127. The molecular weight excluding hydrogens is 392 g/mol. The van der Waals surface area contributed by atoms with Gasteiger partial charge in [-0.25, -0.2) is 8.42 Å². The van der Waals surface area contributed by atoms with Gasteiger partial charge in [0.15, 0.2) is 6.10 Å². The Balaban J connectivity index is 1.58. The third-order valence-corrected chi connectivity index (χ3v) is 6.48. The first-order chi connectivity index (χ1) is 13.9. The second-order valence-corrected chi connectivity index (χ2v) is 8.82. The Morgan fingerprint density at radius 3 is 2.59 bits per heavy atom. The van der Waals surface area contributed by atoms with Crippen LogP contribution in [0.15, 0.2) is 48.5 Å². The lowest BCUT2D eigenvalue weighted by atomic mass is 10.2. The molecule has 156 valence electrons. The number of carbonyl (C=O) groups is 1. The second kappa shape index (κ2) is 9.17. The summed E-state index contributed by atoms with van der Waals surface area (Å²) < 4.78 is 37.6. The number of hydrogen-bond acceptors (Lipinski definition) is 5. The summed E-state index contributed by atoms with van der Waals surface area (Å²) in [6.07, 6.45) is 0.0427. The highest BCUT2D eigenvalue weighted by Gasteiger charge is 2.35. The zero-order valence-electron chi connectivity index (χ0n) is 16.6. The Bertz CT molecular complexity index is 944. The van der Waals surface area contributed by atoms with Gasteiger partial charge in [-0.05, 0) is 43.2 Å². The first-order valence-corrected chi connectivity index (χ1v) is 11.3. The lowest BCUT2D eigenvalue weighted by Gasteiger charge is -2.34. The number of ether oxygens (including phenoxy) is 2. The summed E-state index contributed by atoms with van der Waals surface area (Å²) in [5.41, 5.74) is 1.68. The van der Waals surface area contributed by atoms with E-state index in [4.69, 9.17) is 9.47 Å². The molecule has 29 heavy (non-hydrogen) atoms. The van der Waals surface area contributed by atoms with Crippen LogP contribution in [0.4, 0.5) is 5.69 Å². The van der Waals surface area contributed by atoms with Crippen molar-refractivity contribution in [3.05, 3.63) is 54.1 Å². The van der Waals surface area contributed by atoms with E-state index >= 15 is 0 Å². The van der Waals surface area contributed by atoms with Gasteiger partial charge in [-0.3, -0.25) is 9.10 Å². The Morgan fingerprint density at radius 2 is 1.90 bits per heavy atom. The molecule has 7 nitrogen and oxygen atoms in total. The number of para-hydroxylation sites is 2. The van der Waals surface area contributed by atoms with Gasteiger partial charge in [0.2, 0.25) is 10.0 Å². The zero-order chi connectivity index (χ0) is 20.9. The van der Waals surface area contributed by atoms with Gasteiger partial charge in [0.1, 0.15) is 18.1 Å². The van der Waals surface area contributed by atoms with E-state index in [1.54, 1.807) is 31.2 Å². The van der Waals surface area contributed by atoms with Crippen LogP contribution in [-0.2, 0) is 21.2 Å². The van der Waals surface area contributed by atoms with Crippen molar-refractivity contribution in [2.75, 3.05) is 29.8 Å². The van der Waals surface area contributed by atoms with Crippen LogP contribution >= 0.6 is 0 Å². The smallest absolute Gasteiger partial charge is 0.263 e. The van der Waals surface area contributed by atoms with Gasteiger partial charge in [-0.1, -0.05) is 31.2 Å². The van der Waals surface area contributed by atoms with Crippen molar-refractivity contribution in [1.82, 2.24) is 5.32 Å². The predicted molar refractivity (Wildman–Crippen MR) is 112 cm³/mol. The van der Waals surface area contributed by atoms with Crippen LogP contribution in [0.2, 0.25) is 0 Å². The molecule has 8 heteroatoms. The molecule has 1 aliphatic rings.